The molecule has 128 valence electrons. The van der Waals surface area contributed by atoms with Crippen molar-refractivity contribution in [2.75, 3.05) is 6.54 Å². The molecule has 0 saturated carbocycles. The van der Waals surface area contributed by atoms with Crippen molar-refractivity contribution < 1.29 is 9.50 Å². The summed E-state index contributed by atoms with van der Waals surface area (Å²) in [6.45, 7) is 1.12. The molecule has 0 radical (unpaired) electrons. The van der Waals surface area contributed by atoms with E-state index < -0.39 is 6.10 Å². The summed E-state index contributed by atoms with van der Waals surface area (Å²) in [6.07, 6.45) is 1.93. The molecule has 0 aliphatic carbocycles. The molecule has 1 aliphatic rings. The summed E-state index contributed by atoms with van der Waals surface area (Å²) in [6, 6.07) is 16.5. The molecule has 0 bridgehead atoms. The normalized spacial score (nSPS) is 20.9. The van der Waals surface area contributed by atoms with E-state index in [1.807, 2.05) is 34.9 Å². The highest BCUT2D eigenvalue weighted by atomic mass is 19.1. The lowest BCUT2D eigenvalue weighted by atomic mass is 10.0. The van der Waals surface area contributed by atoms with Crippen LogP contribution in [0.3, 0.4) is 0 Å². The maximum absolute atomic E-state index is 13.2. The van der Waals surface area contributed by atoms with Gasteiger partial charge in [-0.25, -0.2) is 4.39 Å². The third-order valence-electron chi connectivity index (χ3n) is 4.63. The number of aromatic nitrogens is 3. The van der Waals surface area contributed by atoms with Crippen molar-refractivity contribution in [2.45, 2.75) is 25.1 Å². The fourth-order valence-electron chi connectivity index (χ4n) is 3.44. The Hall–Kier alpha value is -2.57. The first-order chi connectivity index (χ1) is 12.2. The molecule has 2 atom stereocenters. The number of hydrogen-bond donors (Lipinski definition) is 1. The SMILES string of the molecule is O[C@H]1C[C@@H](c2ccc(F)cc2)N(Cc2nncn2-c2ccccc2)C1. The number of aliphatic hydroxyl groups excluding tert-OH is 1. The average Bonchev–Trinajstić information content (AvgIpc) is 3.23. The topological polar surface area (TPSA) is 54.2 Å². The van der Waals surface area contributed by atoms with E-state index in [1.54, 1.807) is 18.5 Å². The Morgan fingerprint density at radius 3 is 2.60 bits per heavy atom. The predicted molar refractivity (Wildman–Crippen MR) is 91.5 cm³/mol. The first kappa shape index (κ1) is 15.9. The first-order valence-corrected chi connectivity index (χ1v) is 8.32. The number of nitrogens with zero attached hydrogens (tertiary/aromatic N) is 4. The van der Waals surface area contributed by atoms with Crippen LogP contribution in [0.2, 0.25) is 0 Å². The van der Waals surface area contributed by atoms with E-state index >= 15 is 0 Å². The van der Waals surface area contributed by atoms with Crippen LogP contribution in [-0.2, 0) is 6.54 Å². The summed E-state index contributed by atoms with van der Waals surface area (Å²) < 4.78 is 15.2. The summed E-state index contributed by atoms with van der Waals surface area (Å²) in [5.41, 5.74) is 2.00. The molecule has 4 rings (SSSR count). The van der Waals surface area contributed by atoms with Crippen LogP contribution in [0.15, 0.2) is 60.9 Å². The molecule has 0 spiro atoms. The van der Waals surface area contributed by atoms with E-state index in [0.717, 1.165) is 17.1 Å². The van der Waals surface area contributed by atoms with Crippen molar-refractivity contribution in [3.05, 3.63) is 78.1 Å². The number of rotatable bonds is 4. The second kappa shape index (κ2) is 6.74. The zero-order chi connectivity index (χ0) is 17.2. The van der Waals surface area contributed by atoms with E-state index in [4.69, 9.17) is 0 Å². The van der Waals surface area contributed by atoms with Crippen LogP contribution in [0.4, 0.5) is 4.39 Å². The lowest BCUT2D eigenvalue weighted by Crippen LogP contribution is -2.26. The quantitative estimate of drug-likeness (QED) is 0.795. The molecule has 2 aromatic carbocycles. The highest BCUT2D eigenvalue weighted by Crippen LogP contribution is 2.33. The smallest absolute Gasteiger partial charge is 0.151 e. The second-order valence-electron chi connectivity index (χ2n) is 6.34. The van der Waals surface area contributed by atoms with Crippen LogP contribution in [0.5, 0.6) is 0 Å². The molecule has 1 fully saturated rings. The largest absolute Gasteiger partial charge is 0.392 e. The third-order valence-corrected chi connectivity index (χ3v) is 4.63. The number of likely N-dealkylation sites (tertiary alicyclic amines) is 1. The van der Waals surface area contributed by atoms with Crippen molar-refractivity contribution in [3.63, 3.8) is 0 Å². The number of aliphatic hydroxyl groups is 1. The third kappa shape index (κ3) is 3.31. The van der Waals surface area contributed by atoms with Gasteiger partial charge < -0.3 is 5.11 Å². The van der Waals surface area contributed by atoms with Crippen molar-refractivity contribution in [1.82, 2.24) is 19.7 Å². The van der Waals surface area contributed by atoms with Gasteiger partial charge in [0.25, 0.3) is 0 Å². The van der Waals surface area contributed by atoms with Gasteiger partial charge in [-0.3, -0.25) is 9.47 Å². The van der Waals surface area contributed by atoms with Crippen LogP contribution in [0.1, 0.15) is 23.9 Å². The molecule has 1 aromatic heterocycles. The van der Waals surface area contributed by atoms with Crippen LogP contribution in [0, 0.1) is 5.82 Å². The van der Waals surface area contributed by atoms with Gasteiger partial charge in [-0.1, -0.05) is 30.3 Å². The average molecular weight is 338 g/mol. The lowest BCUT2D eigenvalue weighted by molar-refractivity contribution is 0.171. The molecule has 0 amide bonds. The van der Waals surface area contributed by atoms with Crippen LogP contribution in [0.25, 0.3) is 5.69 Å². The second-order valence-corrected chi connectivity index (χ2v) is 6.34. The van der Waals surface area contributed by atoms with Gasteiger partial charge in [0, 0.05) is 18.3 Å². The summed E-state index contributed by atoms with van der Waals surface area (Å²) in [5, 5.41) is 18.4. The fourth-order valence-corrected chi connectivity index (χ4v) is 3.44. The summed E-state index contributed by atoms with van der Waals surface area (Å²) in [4.78, 5) is 2.17. The first-order valence-electron chi connectivity index (χ1n) is 8.32. The van der Waals surface area contributed by atoms with Gasteiger partial charge in [0.15, 0.2) is 5.82 Å². The van der Waals surface area contributed by atoms with E-state index in [9.17, 15) is 9.50 Å². The zero-order valence-corrected chi connectivity index (χ0v) is 13.7. The van der Waals surface area contributed by atoms with Gasteiger partial charge in [-0.05, 0) is 36.2 Å². The molecule has 3 aromatic rings. The minimum absolute atomic E-state index is 0.0384. The maximum atomic E-state index is 13.2. The summed E-state index contributed by atoms with van der Waals surface area (Å²) >= 11 is 0. The van der Waals surface area contributed by atoms with Gasteiger partial charge in [-0.2, -0.15) is 0 Å². The van der Waals surface area contributed by atoms with Crippen LogP contribution < -0.4 is 0 Å². The predicted octanol–water partition coefficient (Wildman–Crippen LogP) is 2.71. The number of hydrogen-bond acceptors (Lipinski definition) is 4. The molecule has 5 nitrogen and oxygen atoms in total. The molecular weight excluding hydrogens is 319 g/mol. The van der Waals surface area contributed by atoms with E-state index in [2.05, 4.69) is 15.1 Å². The molecule has 6 heteroatoms. The standard InChI is InChI=1S/C19H19FN4O/c20-15-8-6-14(7-9-15)18-10-17(25)11-23(18)12-19-22-21-13-24(19)16-4-2-1-3-5-16/h1-9,13,17-18,25H,10-12H2/t17-,18-/m0/s1. The van der Waals surface area contributed by atoms with Gasteiger partial charge >= 0.3 is 0 Å². The number of para-hydroxylation sites is 1. The minimum Gasteiger partial charge on any atom is -0.392 e. The van der Waals surface area contributed by atoms with E-state index in [1.165, 1.54) is 12.1 Å². The molecule has 2 heterocycles. The Morgan fingerprint density at radius 1 is 1.08 bits per heavy atom. The van der Waals surface area contributed by atoms with E-state index in [-0.39, 0.29) is 11.9 Å². The van der Waals surface area contributed by atoms with Crippen molar-refractivity contribution in [3.8, 4) is 5.69 Å². The number of benzene rings is 2. The zero-order valence-electron chi connectivity index (χ0n) is 13.7. The van der Waals surface area contributed by atoms with E-state index in [0.29, 0.717) is 19.5 Å². The van der Waals surface area contributed by atoms with Crippen LogP contribution in [-0.4, -0.2) is 37.4 Å². The lowest BCUT2D eigenvalue weighted by Gasteiger charge is -2.24. The molecular formula is C19H19FN4O. The molecule has 25 heavy (non-hydrogen) atoms. The molecule has 1 saturated heterocycles. The Bertz CT molecular complexity index is 834. The highest BCUT2D eigenvalue weighted by Gasteiger charge is 2.33. The minimum atomic E-state index is -0.400. The van der Waals surface area contributed by atoms with Crippen molar-refractivity contribution in [2.24, 2.45) is 0 Å². The number of β-amino-alcohol motifs (C(OH)–C–C–N with tert-alkyl or cyclic N) is 1. The number of halogens is 1. The maximum Gasteiger partial charge on any atom is 0.151 e. The van der Waals surface area contributed by atoms with Gasteiger partial charge in [0.1, 0.15) is 12.1 Å². The van der Waals surface area contributed by atoms with Crippen molar-refractivity contribution >= 4 is 0 Å². The Morgan fingerprint density at radius 2 is 1.84 bits per heavy atom. The summed E-state index contributed by atoms with van der Waals surface area (Å²) in [7, 11) is 0. The van der Waals surface area contributed by atoms with Gasteiger partial charge in [0.2, 0.25) is 0 Å². The highest BCUT2D eigenvalue weighted by molar-refractivity contribution is 5.32. The van der Waals surface area contributed by atoms with Gasteiger partial charge in [0.05, 0.1) is 12.6 Å². The molecule has 1 N–H and O–H groups in total. The van der Waals surface area contributed by atoms with Crippen molar-refractivity contribution in [1.29, 1.82) is 0 Å². The fraction of sp³-hybridized carbons (Fsp3) is 0.263. The summed E-state index contributed by atoms with van der Waals surface area (Å²) in [5.74, 6) is 0.560. The van der Waals surface area contributed by atoms with Crippen LogP contribution >= 0.6 is 0 Å². The Balaban J connectivity index is 1.59. The molecule has 0 unspecified atom stereocenters. The monoisotopic (exact) mass is 338 g/mol. The van der Waals surface area contributed by atoms with Gasteiger partial charge in [-0.15, -0.1) is 10.2 Å². The Labute approximate surface area is 145 Å². The molecule has 1 aliphatic heterocycles. The Kier molecular flexibility index (Phi) is 4.29.